The second-order valence-corrected chi connectivity index (χ2v) is 10.5. The van der Waals surface area contributed by atoms with Crippen molar-refractivity contribution in [2.75, 3.05) is 0 Å². The van der Waals surface area contributed by atoms with Crippen molar-refractivity contribution in [1.82, 2.24) is 14.5 Å². The van der Waals surface area contributed by atoms with Gasteiger partial charge in [-0.25, -0.2) is 9.97 Å². The summed E-state index contributed by atoms with van der Waals surface area (Å²) in [5.41, 5.74) is 5.47. The van der Waals surface area contributed by atoms with Crippen LogP contribution in [0.1, 0.15) is 5.56 Å². The second kappa shape index (κ2) is 7.97. The van der Waals surface area contributed by atoms with E-state index in [-0.39, 0.29) is 0 Å². The zero-order valence-electron chi connectivity index (χ0n) is 20.1. The molecule has 0 radical (unpaired) electrons. The molecule has 176 valence electrons. The van der Waals surface area contributed by atoms with Crippen molar-refractivity contribution in [1.29, 1.82) is 5.26 Å². The molecule has 0 aliphatic carbocycles. The lowest BCUT2D eigenvalue weighted by Gasteiger charge is -2.12. The van der Waals surface area contributed by atoms with Crippen LogP contribution in [-0.2, 0) is 0 Å². The number of thiophene rings is 1. The molecule has 0 aliphatic heterocycles. The van der Waals surface area contributed by atoms with Crippen LogP contribution in [0, 0.1) is 11.3 Å². The van der Waals surface area contributed by atoms with E-state index in [4.69, 9.17) is 9.97 Å². The second-order valence-electron chi connectivity index (χ2n) is 9.39. The Labute approximate surface area is 221 Å². The molecule has 0 atom stereocenters. The third kappa shape index (κ3) is 3.02. The largest absolute Gasteiger partial charge is 0.278 e. The molecule has 0 N–H and O–H groups in total. The molecule has 0 aliphatic rings. The average Bonchev–Trinajstić information content (AvgIpc) is 3.50. The topological polar surface area (TPSA) is 54.5 Å². The Morgan fingerprint density at radius 1 is 0.605 bits per heavy atom. The zero-order chi connectivity index (χ0) is 25.2. The third-order valence-corrected chi connectivity index (χ3v) is 8.38. The molecular formula is C33H18N4S. The summed E-state index contributed by atoms with van der Waals surface area (Å²) < 4.78 is 4.76. The molecule has 8 rings (SSSR count). The van der Waals surface area contributed by atoms with Gasteiger partial charge in [0, 0.05) is 41.9 Å². The molecule has 4 nitrogen and oxygen atoms in total. The SMILES string of the molecule is N#Cc1ccc(-c2nc(-n3c4ccccc4c4cc5sc6ccccc6c5cc43)nc3ccccc23)cc1. The molecule has 0 fully saturated rings. The number of hydrogen-bond acceptors (Lipinski definition) is 4. The van der Waals surface area contributed by atoms with E-state index in [1.54, 1.807) is 0 Å². The summed E-state index contributed by atoms with van der Waals surface area (Å²) in [5, 5.41) is 15.2. The number of fused-ring (bicyclic) bond motifs is 7. The van der Waals surface area contributed by atoms with E-state index in [0.29, 0.717) is 11.5 Å². The first kappa shape index (κ1) is 21.1. The molecule has 0 saturated carbocycles. The number of rotatable bonds is 2. The van der Waals surface area contributed by atoms with Crippen LogP contribution in [0.15, 0.2) is 109 Å². The quantitative estimate of drug-likeness (QED) is 0.238. The predicted octanol–water partition coefficient (Wildman–Crippen LogP) is 8.63. The molecule has 0 unspecified atom stereocenters. The zero-order valence-corrected chi connectivity index (χ0v) is 20.9. The predicted molar refractivity (Wildman–Crippen MR) is 157 cm³/mol. The maximum Gasteiger partial charge on any atom is 0.235 e. The Balaban J connectivity index is 1.49. The molecule has 0 spiro atoms. The molecule has 0 bridgehead atoms. The first-order chi connectivity index (χ1) is 18.8. The van der Waals surface area contributed by atoms with E-state index in [1.165, 1.54) is 30.9 Å². The van der Waals surface area contributed by atoms with Gasteiger partial charge in [0.1, 0.15) is 0 Å². The third-order valence-electron chi connectivity index (χ3n) is 7.25. The number of hydrogen-bond donors (Lipinski definition) is 0. The van der Waals surface area contributed by atoms with Crippen LogP contribution in [0.5, 0.6) is 0 Å². The van der Waals surface area contributed by atoms with Gasteiger partial charge in [0.15, 0.2) is 0 Å². The van der Waals surface area contributed by atoms with E-state index in [1.807, 2.05) is 53.8 Å². The van der Waals surface area contributed by atoms with Crippen molar-refractivity contribution >= 4 is 64.2 Å². The van der Waals surface area contributed by atoms with Gasteiger partial charge in [0.2, 0.25) is 5.95 Å². The standard InChI is InChI=1S/C33H18N4S/c34-19-20-13-15-21(16-14-20)32-24-9-1-4-10-27(24)35-33(36-32)37-28-11-5-2-7-22(28)25-18-31-26(17-29(25)37)23-8-3-6-12-30(23)38-31/h1-18H. The molecule has 3 aromatic heterocycles. The Bertz CT molecular complexity index is 2250. The highest BCUT2D eigenvalue weighted by atomic mass is 32.1. The minimum atomic E-state index is 0.627. The van der Waals surface area contributed by atoms with Crippen molar-refractivity contribution < 1.29 is 0 Å². The minimum Gasteiger partial charge on any atom is -0.278 e. The van der Waals surface area contributed by atoms with Crippen LogP contribution < -0.4 is 0 Å². The Morgan fingerprint density at radius 3 is 2.18 bits per heavy atom. The lowest BCUT2D eigenvalue weighted by atomic mass is 10.1. The molecule has 3 heterocycles. The lowest BCUT2D eigenvalue weighted by molar-refractivity contribution is 1.01. The Morgan fingerprint density at radius 2 is 1.34 bits per heavy atom. The van der Waals surface area contributed by atoms with Crippen molar-refractivity contribution in [2.45, 2.75) is 0 Å². The van der Waals surface area contributed by atoms with E-state index in [9.17, 15) is 5.26 Å². The maximum atomic E-state index is 9.29. The minimum absolute atomic E-state index is 0.627. The van der Waals surface area contributed by atoms with Gasteiger partial charge < -0.3 is 0 Å². The number of nitrogens with zero attached hydrogens (tertiary/aromatic N) is 4. The van der Waals surface area contributed by atoms with Gasteiger partial charge in [-0.3, -0.25) is 4.57 Å². The monoisotopic (exact) mass is 502 g/mol. The van der Waals surface area contributed by atoms with Crippen LogP contribution in [0.4, 0.5) is 0 Å². The molecule has 5 heteroatoms. The van der Waals surface area contributed by atoms with Crippen LogP contribution in [-0.4, -0.2) is 14.5 Å². The summed E-state index contributed by atoms with van der Waals surface area (Å²) in [5.74, 6) is 0.633. The fourth-order valence-electron chi connectivity index (χ4n) is 5.49. The summed E-state index contributed by atoms with van der Waals surface area (Å²) in [6, 6.07) is 39.6. The van der Waals surface area contributed by atoms with Gasteiger partial charge in [-0.05, 0) is 42.5 Å². The fraction of sp³-hybridized carbons (Fsp3) is 0. The van der Waals surface area contributed by atoms with E-state index in [0.717, 1.165) is 33.2 Å². The summed E-state index contributed by atoms with van der Waals surface area (Å²) in [6.07, 6.45) is 0. The lowest BCUT2D eigenvalue weighted by Crippen LogP contribution is -2.03. The molecule has 0 amide bonds. The van der Waals surface area contributed by atoms with Crippen molar-refractivity contribution in [2.24, 2.45) is 0 Å². The number of benzene rings is 5. The summed E-state index contributed by atoms with van der Waals surface area (Å²) in [7, 11) is 0. The Hall–Kier alpha value is -5.05. The van der Waals surface area contributed by atoms with E-state index in [2.05, 4.69) is 77.4 Å². The first-order valence-corrected chi connectivity index (χ1v) is 13.2. The molecule has 0 saturated heterocycles. The highest BCUT2D eigenvalue weighted by molar-refractivity contribution is 7.25. The van der Waals surface area contributed by atoms with Crippen LogP contribution in [0.3, 0.4) is 0 Å². The number of aromatic nitrogens is 3. The summed E-state index contributed by atoms with van der Waals surface area (Å²) in [6.45, 7) is 0. The van der Waals surface area contributed by atoms with Gasteiger partial charge in [-0.1, -0.05) is 66.7 Å². The summed E-state index contributed by atoms with van der Waals surface area (Å²) >= 11 is 1.83. The van der Waals surface area contributed by atoms with Gasteiger partial charge in [0.25, 0.3) is 0 Å². The van der Waals surface area contributed by atoms with Crippen LogP contribution in [0.2, 0.25) is 0 Å². The van der Waals surface area contributed by atoms with Crippen molar-refractivity contribution in [3.63, 3.8) is 0 Å². The highest BCUT2D eigenvalue weighted by Crippen LogP contribution is 2.40. The van der Waals surface area contributed by atoms with Crippen LogP contribution in [0.25, 0.3) is 70.1 Å². The number of para-hydroxylation sites is 2. The Kier molecular flexibility index (Phi) is 4.42. The molecule has 8 aromatic rings. The van der Waals surface area contributed by atoms with Crippen LogP contribution >= 0.6 is 11.3 Å². The molecule has 5 aromatic carbocycles. The fourth-order valence-corrected chi connectivity index (χ4v) is 6.62. The number of nitriles is 1. The van der Waals surface area contributed by atoms with Crippen molar-refractivity contribution in [3.8, 4) is 23.3 Å². The maximum absolute atomic E-state index is 9.29. The van der Waals surface area contributed by atoms with Gasteiger partial charge in [-0.15, -0.1) is 11.3 Å². The van der Waals surface area contributed by atoms with E-state index >= 15 is 0 Å². The van der Waals surface area contributed by atoms with Gasteiger partial charge >= 0.3 is 0 Å². The molecular weight excluding hydrogens is 484 g/mol. The normalized spacial score (nSPS) is 11.7. The van der Waals surface area contributed by atoms with Gasteiger partial charge in [-0.2, -0.15) is 5.26 Å². The first-order valence-electron chi connectivity index (χ1n) is 12.4. The highest BCUT2D eigenvalue weighted by Gasteiger charge is 2.18. The summed E-state index contributed by atoms with van der Waals surface area (Å²) in [4.78, 5) is 10.2. The average molecular weight is 503 g/mol. The molecule has 38 heavy (non-hydrogen) atoms. The van der Waals surface area contributed by atoms with Gasteiger partial charge in [0.05, 0.1) is 33.9 Å². The van der Waals surface area contributed by atoms with E-state index < -0.39 is 0 Å². The van der Waals surface area contributed by atoms with Crippen molar-refractivity contribution in [3.05, 3.63) is 115 Å². The smallest absolute Gasteiger partial charge is 0.235 e.